The van der Waals surface area contributed by atoms with Crippen LogP contribution in [0.25, 0.3) is 10.9 Å². The molecule has 1 saturated heterocycles. The number of piperidine rings is 1. The fourth-order valence-corrected chi connectivity index (χ4v) is 3.54. The lowest BCUT2D eigenvalue weighted by molar-refractivity contribution is 0.246. The van der Waals surface area contributed by atoms with Crippen molar-refractivity contribution in [1.29, 1.82) is 0 Å². The molecule has 1 aromatic heterocycles. The van der Waals surface area contributed by atoms with Crippen LogP contribution in [0, 0.1) is 0 Å². The van der Waals surface area contributed by atoms with Crippen LogP contribution in [0.2, 0.25) is 5.02 Å². The maximum atomic E-state index is 12.2. The van der Waals surface area contributed by atoms with Gasteiger partial charge < -0.3 is 15.5 Å². The van der Waals surface area contributed by atoms with Gasteiger partial charge in [-0.1, -0.05) is 29.8 Å². The Morgan fingerprint density at radius 2 is 1.85 bits per heavy atom. The maximum absolute atomic E-state index is 12.2. The van der Waals surface area contributed by atoms with Crippen LogP contribution in [0.4, 0.5) is 16.3 Å². The van der Waals surface area contributed by atoms with Crippen molar-refractivity contribution < 1.29 is 4.79 Å². The Kier molecular flexibility index (Phi) is 5.07. The van der Waals surface area contributed by atoms with Crippen LogP contribution >= 0.6 is 11.6 Å². The summed E-state index contributed by atoms with van der Waals surface area (Å²) in [6.07, 6.45) is 3.30. The minimum absolute atomic E-state index is 0.146. The minimum Gasteiger partial charge on any atom is -0.356 e. The highest BCUT2D eigenvalue weighted by Gasteiger charge is 2.23. The van der Waals surface area contributed by atoms with E-state index in [0.29, 0.717) is 5.02 Å². The normalized spacial score (nSPS) is 14.9. The number of amides is 2. The lowest BCUT2D eigenvalue weighted by Crippen LogP contribution is -2.46. The molecular formula is C20H20ClN5O. The predicted octanol–water partition coefficient (Wildman–Crippen LogP) is 4.07. The number of rotatable bonds is 3. The van der Waals surface area contributed by atoms with Gasteiger partial charge in [-0.05, 0) is 43.2 Å². The van der Waals surface area contributed by atoms with Crippen LogP contribution in [0.15, 0.2) is 54.9 Å². The summed E-state index contributed by atoms with van der Waals surface area (Å²) in [7, 11) is 0. The fourth-order valence-electron chi connectivity index (χ4n) is 3.38. The number of nitrogens with one attached hydrogen (secondary N) is 2. The van der Waals surface area contributed by atoms with Gasteiger partial charge in [0.1, 0.15) is 12.1 Å². The molecule has 6 nitrogen and oxygen atoms in total. The highest BCUT2D eigenvalue weighted by Crippen LogP contribution is 2.27. The Bertz CT molecular complexity index is 942. The Morgan fingerprint density at radius 1 is 1.07 bits per heavy atom. The Balaban J connectivity index is 1.37. The van der Waals surface area contributed by atoms with Crippen LogP contribution in [-0.4, -0.2) is 35.1 Å². The van der Waals surface area contributed by atoms with E-state index in [2.05, 4.69) is 25.5 Å². The summed E-state index contributed by atoms with van der Waals surface area (Å²) in [4.78, 5) is 23.2. The first kappa shape index (κ1) is 17.5. The van der Waals surface area contributed by atoms with Crippen LogP contribution < -0.4 is 15.5 Å². The summed E-state index contributed by atoms with van der Waals surface area (Å²) in [5, 5.41) is 7.58. The van der Waals surface area contributed by atoms with Gasteiger partial charge in [-0.3, -0.25) is 0 Å². The predicted molar refractivity (Wildman–Crippen MR) is 108 cm³/mol. The molecule has 2 amide bonds. The van der Waals surface area contributed by atoms with Gasteiger partial charge in [0.2, 0.25) is 0 Å². The van der Waals surface area contributed by atoms with E-state index in [4.69, 9.17) is 11.6 Å². The number of carbonyl (C=O) groups is 1. The van der Waals surface area contributed by atoms with Crippen molar-refractivity contribution in [3.05, 3.63) is 59.9 Å². The number of anilines is 2. The van der Waals surface area contributed by atoms with Gasteiger partial charge in [-0.25, -0.2) is 14.8 Å². The van der Waals surface area contributed by atoms with Crippen LogP contribution in [0.3, 0.4) is 0 Å². The van der Waals surface area contributed by atoms with Crippen molar-refractivity contribution in [3.8, 4) is 0 Å². The first-order chi connectivity index (χ1) is 13.2. The standard InChI is InChI=1S/C20H20ClN5O/c21-14-6-7-17-18(12-14)22-13-23-19(17)26-10-8-16(9-11-26)25-20(27)24-15-4-2-1-3-5-15/h1-7,12-13,16H,8-11H2,(H2,24,25,27). The summed E-state index contributed by atoms with van der Waals surface area (Å²) in [6.45, 7) is 1.65. The lowest BCUT2D eigenvalue weighted by atomic mass is 10.0. The molecule has 7 heteroatoms. The topological polar surface area (TPSA) is 70.2 Å². The Morgan fingerprint density at radius 3 is 2.63 bits per heavy atom. The van der Waals surface area contributed by atoms with E-state index in [1.807, 2.05) is 48.5 Å². The molecule has 138 valence electrons. The first-order valence-electron chi connectivity index (χ1n) is 8.97. The molecule has 0 saturated carbocycles. The molecule has 2 heterocycles. The molecule has 0 aliphatic carbocycles. The third-order valence-corrected chi connectivity index (χ3v) is 4.97. The van der Waals surface area contributed by atoms with E-state index in [1.54, 1.807) is 6.33 Å². The molecule has 27 heavy (non-hydrogen) atoms. The van der Waals surface area contributed by atoms with Gasteiger partial charge in [0.25, 0.3) is 0 Å². The number of fused-ring (bicyclic) bond motifs is 1. The van der Waals surface area contributed by atoms with Crippen molar-refractivity contribution in [2.24, 2.45) is 0 Å². The number of benzene rings is 2. The third kappa shape index (κ3) is 4.11. The second kappa shape index (κ2) is 7.80. The molecule has 1 aliphatic heterocycles. The minimum atomic E-state index is -0.165. The van der Waals surface area contributed by atoms with Crippen LogP contribution in [0.5, 0.6) is 0 Å². The molecule has 2 aromatic carbocycles. The molecule has 1 fully saturated rings. The van der Waals surface area contributed by atoms with E-state index < -0.39 is 0 Å². The second-order valence-electron chi connectivity index (χ2n) is 6.58. The molecule has 0 bridgehead atoms. The molecular weight excluding hydrogens is 362 g/mol. The molecule has 0 atom stereocenters. The monoisotopic (exact) mass is 381 g/mol. The van der Waals surface area contributed by atoms with Gasteiger partial charge in [0.15, 0.2) is 0 Å². The van der Waals surface area contributed by atoms with Crippen molar-refractivity contribution in [1.82, 2.24) is 15.3 Å². The quantitative estimate of drug-likeness (QED) is 0.717. The fraction of sp³-hybridized carbons (Fsp3) is 0.250. The summed E-state index contributed by atoms with van der Waals surface area (Å²) < 4.78 is 0. The Labute approximate surface area is 162 Å². The number of hydrogen-bond acceptors (Lipinski definition) is 4. The van der Waals surface area contributed by atoms with Gasteiger partial charge in [0.05, 0.1) is 5.52 Å². The lowest BCUT2D eigenvalue weighted by Gasteiger charge is -2.33. The molecule has 3 aromatic rings. The highest BCUT2D eigenvalue weighted by molar-refractivity contribution is 6.31. The number of hydrogen-bond donors (Lipinski definition) is 2. The van der Waals surface area contributed by atoms with Crippen molar-refractivity contribution in [2.75, 3.05) is 23.3 Å². The molecule has 2 N–H and O–H groups in total. The van der Waals surface area contributed by atoms with E-state index in [-0.39, 0.29) is 12.1 Å². The smallest absolute Gasteiger partial charge is 0.319 e. The van der Waals surface area contributed by atoms with E-state index >= 15 is 0 Å². The molecule has 0 spiro atoms. The summed E-state index contributed by atoms with van der Waals surface area (Å²) in [5.41, 5.74) is 1.63. The van der Waals surface area contributed by atoms with Crippen LogP contribution in [-0.2, 0) is 0 Å². The zero-order chi connectivity index (χ0) is 18.6. The number of halogens is 1. The van der Waals surface area contributed by atoms with Gasteiger partial charge in [-0.2, -0.15) is 0 Å². The van der Waals surface area contributed by atoms with Crippen molar-refractivity contribution in [2.45, 2.75) is 18.9 Å². The van der Waals surface area contributed by atoms with Crippen molar-refractivity contribution in [3.63, 3.8) is 0 Å². The number of carbonyl (C=O) groups excluding carboxylic acids is 1. The van der Waals surface area contributed by atoms with E-state index in [1.165, 1.54) is 0 Å². The van der Waals surface area contributed by atoms with Gasteiger partial charge in [-0.15, -0.1) is 0 Å². The number of aromatic nitrogens is 2. The molecule has 0 radical (unpaired) electrons. The summed E-state index contributed by atoms with van der Waals surface area (Å²) in [5.74, 6) is 0.920. The maximum Gasteiger partial charge on any atom is 0.319 e. The number of urea groups is 1. The zero-order valence-electron chi connectivity index (χ0n) is 14.7. The second-order valence-corrected chi connectivity index (χ2v) is 7.02. The van der Waals surface area contributed by atoms with E-state index in [9.17, 15) is 4.79 Å². The number of para-hydroxylation sites is 1. The van der Waals surface area contributed by atoms with E-state index in [0.717, 1.165) is 48.3 Å². The molecule has 1 aliphatic rings. The summed E-state index contributed by atoms with van der Waals surface area (Å²) in [6, 6.07) is 15.1. The zero-order valence-corrected chi connectivity index (χ0v) is 15.5. The molecule has 0 unspecified atom stereocenters. The average Bonchev–Trinajstić information content (AvgIpc) is 2.68. The Hall–Kier alpha value is -2.86. The van der Waals surface area contributed by atoms with Crippen molar-refractivity contribution >= 4 is 40.0 Å². The first-order valence-corrected chi connectivity index (χ1v) is 9.34. The average molecular weight is 382 g/mol. The SMILES string of the molecule is O=C(Nc1ccccc1)NC1CCN(c2ncnc3cc(Cl)ccc23)CC1. The third-order valence-electron chi connectivity index (χ3n) is 4.74. The largest absolute Gasteiger partial charge is 0.356 e. The molecule has 4 rings (SSSR count). The number of nitrogens with zero attached hydrogens (tertiary/aromatic N) is 3. The van der Waals surface area contributed by atoms with Crippen LogP contribution in [0.1, 0.15) is 12.8 Å². The van der Waals surface area contributed by atoms with Gasteiger partial charge >= 0.3 is 6.03 Å². The highest BCUT2D eigenvalue weighted by atomic mass is 35.5. The van der Waals surface area contributed by atoms with Gasteiger partial charge in [0, 0.05) is 35.2 Å². The summed E-state index contributed by atoms with van der Waals surface area (Å²) >= 11 is 6.06.